The van der Waals surface area contributed by atoms with Gasteiger partial charge >= 0.3 is 0 Å². The molecule has 0 saturated carbocycles. The van der Waals surface area contributed by atoms with E-state index in [-0.39, 0.29) is 5.60 Å². The van der Waals surface area contributed by atoms with E-state index in [4.69, 9.17) is 9.47 Å². The molecule has 2 aliphatic heterocycles. The van der Waals surface area contributed by atoms with Crippen molar-refractivity contribution in [1.82, 2.24) is 4.90 Å². The van der Waals surface area contributed by atoms with E-state index >= 15 is 0 Å². The number of rotatable bonds is 4. The normalized spacial score (nSPS) is 26.6. The molecule has 0 aromatic heterocycles. The molecule has 0 radical (unpaired) electrons. The van der Waals surface area contributed by atoms with E-state index in [1.54, 1.807) is 0 Å². The Morgan fingerprint density at radius 1 is 0.818 bits per heavy atom. The van der Waals surface area contributed by atoms with Crippen molar-refractivity contribution in [3.8, 4) is 17.2 Å². The van der Waals surface area contributed by atoms with Crippen molar-refractivity contribution in [2.45, 2.75) is 24.9 Å². The van der Waals surface area contributed by atoms with Gasteiger partial charge in [0, 0.05) is 25.6 Å². The van der Waals surface area contributed by atoms with Gasteiger partial charge in [0.1, 0.15) is 22.8 Å². The minimum Gasteiger partial charge on any atom is -0.486 e. The lowest BCUT2D eigenvalue weighted by Gasteiger charge is -2.34. The average Bonchev–Trinajstić information content (AvgIpc) is 2.83. The molecule has 2 atom stereocenters. The van der Waals surface area contributed by atoms with Crippen LogP contribution in [0.2, 0.25) is 0 Å². The van der Waals surface area contributed by atoms with E-state index < -0.39 is 0 Å². The van der Waals surface area contributed by atoms with Gasteiger partial charge in [-0.05, 0) is 43.7 Å². The molecule has 22 heavy (non-hydrogen) atoms. The molecule has 2 bridgehead atoms. The highest BCUT2D eigenvalue weighted by molar-refractivity contribution is 5.37. The summed E-state index contributed by atoms with van der Waals surface area (Å²) in [4.78, 5) is 2.51. The van der Waals surface area contributed by atoms with Crippen LogP contribution in [0.3, 0.4) is 0 Å². The smallest absolute Gasteiger partial charge is 0.131 e. The van der Waals surface area contributed by atoms with Gasteiger partial charge in [-0.2, -0.15) is 0 Å². The minimum atomic E-state index is 0.0175. The molecule has 0 amide bonds. The lowest BCUT2D eigenvalue weighted by molar-refractivity contribution is 0.0451. The first-order valence-electron chi connectivity index (χ1n) is 8.06. The molecule has 2 aliphatic rings. The first-order valence-corrected chi connectivity index (χ1v) is 8.06. The molecule has 2 aromatic carbocycles. The molecule has 3 nitrogen and oxygen atoms in total. The predicted molar refractivity (Wildman–Crippen MR) is 86.6 cm³/mol. The largest absolute Gasteiger partial charge is 0.486 e. The Morgan fingerprint density at radius 2 is 1.64 bits per heavy atom. The second-order valence-corrected chi connectivity index (χ2v) is 6.30. The fourth-order valence-electron chi connectivity index (χ4n) is 3.56. The number of hydrogen-bond acceptors (Lipinski definition) is 3. The lowest BCUT2D eigenvalue weighted by Crippen LogP contribution is -2.43. The van der Waals surface area contributed by atoms with Gasteiger partial charge in [0.05, 0.1) is 0 Å². The van der Waals surface area contributed by atoms with Gasteiger partial charge in [0.15, 0.2) is 0 Å². The molecule has 2 heterocycles. The zero-order valence-electron chi connectivity index (χ0n) is 12.7. The quantitative estimate of drug-likeness (QED) is 0.848. The summed E-state index contributed by atoms with van der Waals surface area (Å²) in [5, 5.41) is 0. The molecule has 0 spiro atoms. The summed E-state index contributed by atoms with van der Waals surface area (Å²) in [5.41, 5.74) is 0.0175. The zero-order valence-corrected chi connectivity index (χ0v) is 12.7. The SMILES string of the molecule is c1ccc(Oc2cccc(OC34CCCN(CC3)C4)c2)cc1. The predicted octanol–water partition coefficient (Wildman–Crippen LogP) is 4.10. The van der Waals surface area contributed by atoms with Gasteiger partial charge in [-0.15, -0.1) is 0 Å². The molecule has 2 fully saturated rings. The van der Waals surface area contributed by atoms with E-state index in [1.807, 2.05) is 54.6 Å². The molecule has 0 aliphatic carbocycles. The van der Waals surface area contributed by atoms with Crippen LogP contribution in [0, 0.1) is 0 Å². The molecule has 2 aromatic rings. The summed E-state index contributed by atoms with van der Waals surface area (Å²) in [6, 6.07) is 17.9. The molecule has 2 saturated heterocycles. The molecule has 3 heteroatoms. The van der Waals surface area contributed by atoms with Crippen LogP contribution in [0.15, 0.2) is 54.6 Å². The van der Waals surface area contributed by atoms with E-state index in [1.165, 1.54) is 19.5 Å². The second kappa shape index (κ2) is 5.65. The maximum absolute atomic E-state index is 6.39. The maximum Gasteiger partial charge on any atom is 0.131 e. The van der Waals surface area contributed by atoms with Crippen molar-refractivity contribution in [2.75, 3.05) is 19.6 Å². The Bertz CT molecular complexity index is 639. The van der Waals surface area contributed by atoms with Gasteiger partial charge in [-0.1, -0.05) is 24.3 Å². The Hall–Kier alpha value is -2.00. The number of benzene rings is 2. The molecule has 2 unspecified atom stereocenters. The number of fused-ring (bicyclic) bond motifs is 2. The Kier molecular flexibility index (Phi) is 3.51. The number of ether oxygens (including phenoxy) is 2. The second-order valence-electron chi connectivity index (χ2n) is 6.30. The van der Waals surface area contributed by atoms with Gasteiger partial charge in [-0.25, -0.2) is 0 Å². The first-order chi connectivity index (χ1) is 10.8. The molecule has 114 valence electrons. The molecular formula is C19H21NO2. The van der Waals surface area contributed by atoms with Crippen LogP contribution in [0.5, 0.6) is 17.2 Å². The molecule has 4 rings (SSSR count). The third kappa shape index (κ3) is 2.81. The van der Waals surface area contributed by atoms with Crippen LogP contribution in [0.25, 0.3) is 0 Å². The van der Waals surface area contributed by atoms with Gasteiger partial charge in [-0.3, -0.25) is 4.90 Å². The van der Waals surface area contributed by atoms with Crippen LogP contribution in [-0.2, 0) is 0 Å². The van der Waals surface area contributed by atoms with Crippen molar-refractivity contribution >= 4 is 0 Å². The number of nitrogens with zero attached hydrogens (tertiary/aromatic N) is 1. The van der Waals surface area contributed by atoms with E-state index in [0.29, 0.717) is 0 Å². The van der Waals surface area contributed by atoms with Crippen molar-refractivity contribution in [3.05, 3.63) is 54.6 Å². The number of para-hydroxylation sites is 1. The van der Waals surface area contributed by atoms with Crippen LogP contribution in [0.4, 0.5) is 0 Å². The standard InChI is InChI=1S/C19H21NO2/c1-2-6-16(7-3-1)21-17-8-4-9-18(14-17)22-19-10-5-12-20(15-19)13-11-19/h1-4,6-9,14H,5,10-13,15H2. The highest BCUT2D eigenvalue weighted by Crippen LogP contribution is 2.36. The third-order valence-corrected chi connectivity index (χ3v) is 4.62. The van der Waals surface area contributed by atoms with Crippen LogP contribution >= 0.6 is 0 Å². The average molecular weight is 295 g/mol. The van der Waals surface area contributed by atoms with Gasteiger partial charge in [0.25, 0.3) is 0 Å². The summed E-state index contributed by atoms with van der Waals surface area (Å²) >= 11 is 0. The van der Waals surface area contributed by atoms with E-state index in [2.05, 4.69) is 4.90 Å². The van der Waals surface area contributed by atoms with Crippen LogP contribution in [0.1, 0.15) is 19.3 Å². The highest BCUT2D eigenvalue weighted by Gasteiger charge is 2.42. The third-order valence-electron chi connectivity index (χ3n) is 4.62. The van der Waals surface area contributed by atoms with Crippen molar-refractivity contribution in [2.24, 2.45) is 0 Å². The summed E-state index contributed by atoms with van der Waals surface area (Å²) in [5.74, 6) is 2.59. The van der Waals surface area contributed by atoms with Gasteiger partial charge in [0.2, 0.25) is 0 Å². The van der Waals surface area contributed by atoms with Crippen LogP contribution in [-0.4, -0.2) is 30.1 Å². The topological polar surface area (TPSA) is 21.7 Å². The van der Waals surface area contributed by atoms with Crippen LogP contribution < -0.4 is 9.47 Å². The fraction of sp³-hybridized carbons (Fsp3) is 0.368. The Balaban J connectivity index is 1.50. The maximum atomic E-state index is 6.39. The first kappa shape index (κ1) is 13.6. The summed E-state index contributed by atoms with van der Waals surface area (Å²) in [6.45, 7) is 3.46. The van der Waals surface area contributed by atoms with E-state index in [0.717, 1.165) is 36.6 Å². The summed E-state index contributed by atoms with van der Waals surface area (Å²) < 4.78 is 12.3. The molecular weight excluding hydrogens is 274 g/mol. The number of hydrogen-bond donors (Lipinski definition) is 0. The lowest BCUT2D eigenvalue weighted by atomic mass is 9.94. The van der Waals surface area contributed by atoms with E-state index in [9.17, 15) is 0 Å². The van der Waals surface area contributed by atoms with Crippen molar-refractivity contribution < 1.29 is 9.47 Å². The monoisotopic (exact) mass is 295 g/mol. The van der Waals surface area contributed by atoms with Crippen molar-refractivity contribution in [3.63, 3.8) is 0 Å². The highest BCUT2D eigenvalue weighted by atomic mass is 16.5. The number of piperidine rings is 1. The Morgan fingerprint density at radius 3 is 2.55 bits per heavy atom. The zero-order chi connectivity index (χ0) is 14.8. The fourth-order valence-corrected chi connectivity index (χ4v) is 3.56. The summed E-state index contributed by atoms with van der Waals surface area (Å²) in [6.07, 6.45) is 3.53. The molecule has 0 N–H and O–H groups in total. The summed E-state index contributed by atoms with van der Waals surface area (Å²) in [7, 11) is 0. The Labute approximate surface area is 131 Å². The minimum absolute atomic E-state index is 0.0175. The van der Waals surface area contributed by atoms with Crippen molar-refractivity contribution in [1.29, 1.82) is 0 Å². The van der Waals surface area contributed by atoms with Gasteiger partial charge < -0.3 is 9.47 Å².